The monoisotopic (exact) mass is 302 g/mol. The minimum Gasteiger partial charge on any atom is -0.465 e. The van der Waals surface area contributed by atoms with Crippen molar-refractivity contribution in [2.24, 2.45) is 0 Å². The number of carbonyl (C=O) groups excluding carboxylic acids is 1. The van der Waals surface area contributed by atoms with E-state index in [4.69, 9.17) is 20.8 Å². The predicted octanol–water partition coefficient (Wildman–Crippen LogP) is 2.06. The normalized spacial score (nSPS) is 29.1. The Labute approximate surface area is 129 Å². The molecule has 2 aliphatic heterocycles. The van der Waals surface area contributed by atoms with E-state index in [1.807, 2.05) is 25.1 Å². The molecule has 0 aromatic heterocycles. The number of benzene rings is 1. The van der Waals surface area contributed by atoms with E-state index in [2.05, 4.69) is 10.2 Å². The maximum absolute atomic E-state index is 12.0. The standard InChI is InChI=1S/C16H18N2O4/c1-4-20-15(19)11-8-16(2,17-3)14(18-11)10-5-6-12-13(7-10)22-9-21-12/h5-7,11,14,18H,4,8-9H2,1-2H3/t11-,14?,16-/m0/s1. The number of rotatable bonds is 3. The molecule has 0 bridgehead atoms. The van der Waals surface area contributed by atoms with Gasteiger partial charge >= 0.3 is 5.97 Å². The van der Waals surface area contributed by atoms with Crippen molar-refractivity contribution >= 4 is 5.97 Å². The van der Waals surface area contributed by atoms with Crippen LogP contribution < -0.4 is 14.8 Å². The van der Waals surface area contributed by atoms with Gasteiger partial charge in [0.1, 0.15) is 12.1 Å². The topological polar surface area (TPSA) is 61.2 Å². The van der Waals surface area contributed by atoms with Crippen molar-refractivity contribution in [3.05, 3.63) is 35.2 Å². The number of nitrogens with zero attached hydrogens (tertiary/aromatic N) is 1. The molecule has 1 N–H and O–H groups in total. The molecule has 1 aromatic carbocycles. The van der Waals surface area contributed by atoms with Gasteiger partial charge in [-0.3, -0.25) is 10.1 Å². The van der Waals surface area contributed by atoms with Crippen molar-refractivity contribution in [1.82, 2.24) is 5.32 Å². The third kappa shape index (κ3) is 2.38. The van der Waals surface area contributed by atoms with Crippen LogP contribution in [0.3, 0.4) is 0 Å². The average molecular weight is 302 g/mol. The van der Waals surface area contributed by atoms with Crippen LogP contribution in [0.5, 0.6) is 11.5 Å². The summed E-state index contributed by atoms with van der Waals surface area (Å²) in [5.74, 6) is 1.07. The Hall–Kier alpha value is -2.26. The summed E-state index contributed by atoms with van der Waals surface area (Å²) < 4.78 is 15.8. The highest BCUT2D eigenvalue weighted by molar-refractivity contribution is 5.77. The number of hydrogen-bond acceptors (Lipinski definition) is 5. The van der Waals surface area contributed by atoms with Gasteiger partial charge < -0.3 is 19.1 Å². The van der Waals surface area contributed by atoms with Crippen LogP contribution in [-0.4, -0.2) is 30.9 Å². The van der Waals surface area contributed by atoms with Crippen molar-refractivity contribution in [3.63, 3.8) is 0 Å². The van der Waals surface area contributed by atoms with Crippen LogP contribution in [0.15, 0.2) is 18.2 Å². The maximum Gasteiger partial charge on any atom is 0.323 e. The Balaban J connectivity index is 1.88. The first kappa shape index (κ1) is 14.7. The number of ether oxygens (including phenoxy) is 3. The lowest BCUT2D eigenvalue weighted by Crippen LogP contribution is -2.34. The molecule has 6 nitrogen and oxygen atoms in total. The summed E-state index contributed by atoms with van der Waals surface area (Å²) in [5.41, 5.74) is 0.208. The van der Waals surface area contributed by atoms with Crippen LogP contribution in [-0.2, 0) is 9.53 Å². The van der Waals surface area contributed by atoms with Crippen LogP contribution >= 0.6 is 0 Å². The van der Waals surface area contributed by atoms with Gasteiger partial charge in [0.15, 0.2) is 11.5 Å². The quantitative estimate of drug-likeness (QED) is 0.684. The summed E-state index contributed by atoms with van der Waals surface area (Å²) in [7, 11) is 0. The first-order valence-corrected chi connectivity index (χ1v) is 7.28. The Kier molecular flexibility index (Phi) is 3.67. The molecule has 1 fully saturated rings. The summed E-state index contributed by atoms with van der Waals surface area (Å²) >= 11 is 0. The lowest BCUT2D eigenvalue weighted by molar-refractivity contribution is -0.145. The molecule has 3 rings (SSSR count). The van der Waals surface area contributed by atoms with E-state index in [9.17, 15) is 4.79 Å². The number of esters is 1. The Bertz CT molecular complexity index is 640. The minimum atomic E-state index is -0.703. The largest absolute Gasteiger partial charge is 0.465 e. The Morgan fingerprint density at radius 2 is 2.27 bits per heavy atom. The van der Waals surface area contributed by atoms with E-state index >= 15 is 0 Å². The molecular weight excluding hydrogens is 284 g/mol. The Morgan fingerprint density at radius 1 is 1.50 bits per heavy atom. The molecule has 0 saturated carbocycles. The molecule has 0 spiro atoms. The number of hydrogen-bond donors (Lipinski definition) is 1. The Morgan fingerprint density at radius 3 is 3.00 bits per heavy atom. The SMILES string of the molecule is [C-]#[N+][C@@]1(C)C[C@@H](C(=O)OCC)NC1c1ccc2c(c1)OCO2. The molecule has 0 amide bonds. The number of fused-ring (bicyclic) bond motifs is 1. The van der Waals surface area contributed by atoms with Gasteiger partial charge in [-0.1, -0.05) is 6.07 Å². The fourth-order valence-electron chi connectivity index (χ4n) is 3.02. The van der Waals surface area contributed by atoms with Gasteiger partial charge in [-0.15, -0.1) is 0 Å². The summed E-state index contributed by atoms with van der Waals surface area (Å²) in [5, 5.41) is 3.24. The summed E-state index contributed by atoms with van der Waals surface area (Å²) in [4.78, 5) is 15.8. The highest BCUT2D eigenvalue weighted by Crippen LogP contribution is 2.43. The zero-order chi connectivity index (χ0) is 15.7. The molecule has 2 aliphatic rings. The van der Waals surface area contributed by atoms with Crippen LogP contribution in [0.1, 0.15) is 31.9 Å². The molecule has 2 heterocycles. The smallest absolute Gasteiger partial charge is 0.323 e. The molecule has 6 heteroatoms. The number of nitrogens with one attached hydrogen (secondary N) is 1. The first-order valence-electron chi connectivity index (χ1n) is 7.28. The molecular formula is C16H18N2O4. The van der Waals surface area contributed by atoms with Crippen molar-refractivity contribution in [1.29, 1.82) is 0 Å². The van der Waals surface area contributed by atoms with Crippen molar-refractivity contribution in [2.75, 3.05) is 13.4 Å². The van der Waals surface area contributed by atoms with Gasteiger partial charge in [-0.2, -0.15) is 0 Å². The summed E-state index contributed by atoms with van der Waals surface area (Å²) in [6.45, 7) is 11.7. The highest BCUT2D eigenvalue weighted by atomic mass is 16.7. The summed E-state index contributed by atoms with van der Waals surface area (Å²) in [6.07, 6.45) is 0.425. The molecule has 116 valence electrons. The van der Waals surface area contributed by atoms with Gasteiger partial charge in [-0.05, 0) is 24.6 Å². The van der Waals surface area contributed by atoms with Gasteiger partial charge in [0.05, 0.1) is 13.0 Å². The second-order valence-electron chi connectivity index (χ2n) is 5.69. The van der Waals surface area contributed by atoms with Gasteiger partial charge in [-0.25, -0.2) is 6.57 Å². The van der Waals surface area contributed by atoms with Gasteiger partial charge in [0.2, 0.25) is 6.79 Å². The zero-order valence-electron chi connectivity index (χ0n) is 12.6. The molecule has 3 atom stereocenters. The van der Waals surface area contributed by atoms with Gasteiger partial charge in [0.25, 0.3) is 5.54 Å². The van der Waals surface area contributed by atoms with Crippen LogP contribution in [0.4, 0.5) is 0 Å². The average Bonchev–Trinajstić information content (AvgIpc) is 3.11. The molecule has 1 saturated heterocycles. The lowest BCUT2D eigenvalue weighted by Gasteiger charge is -2.19. The van der Waals surface area contributed by atoms with Crippen molar-refractivity contribution in [2.45, 2.75) is 37.9 Å². The lowest BCUT2D eigenvalue weighted by atomic mass is 9.87. The van der Waals surface area contributed by atoms with E-state index < -0.39 is 11.6 Å². The molecule has 22 heavy (non-hydrogen) atoms. The second-order valence-corrected chi connectivity index (χ2v) is 5.69. The zero-order valence-corrected chi connectivity index (χ0v) is 12.6. The molecule has 1 unspecified atom stereocenters. The number of carbonyl (C=O) groups is 1. The third-order valence-corrected chi connectivity index (χ3v) is 4.16. The van der Waals surface area contributed by atoms with E-state index in [0.717, 1.165) is 5.56 Å². The summed E-state index contributed by atoms with van der Waals surface area (Å²) in [6, 6.07) is 4.89. The van der Waals surface area contributed by atoms with E-state index in [1.165, 1.54) is 0 Å². The van der Waals surface area contributed by atoms with Crippen LogP contribution in [0, 0.1) is 6.57 Å². The van der Waals surface area contributed by atoms with E-state index in [-0.39, 0.29) is 18.8 Å². The third-order valence-electron chi connectivity index (χ3n) is 4.16. The fraction of sp³-hybridized carbons (Fsp3) is 0.500. The second kappa shape index (κ2) is 5.50. The molecule has 0 aliphatic carbocycles. The van der Waals surface area contributed by atoms with Crippen LogP contribution in [0.25, 0.3) is 4.85 Å². The van der Waals surface area contributed by atoms with Crippen molar-refractivity contribution in [3.8, 4) is 11.5 Å². The van der Waals surface area contributed by atoms with Crippen molar-refractivity contribution < 1.29 is 19.0 Å². The molecule has 0 radical (unpaired) electrons. The van der Waals surface area contributed by atoms with Gasteiger partial charge in [0, 0.05) is 6.92 Å². The van der Waals surface area contributed by atoms with E-state index in [1.54, 1.807) is 6.92 Å². The minimum absolute atomic E-state index is 0.211. The van der Waals surface area contributed by atoms with E-state index in [0.29, 0.717) is 24.5 Å². The fourth-order valence-corrected chi connectivity index (χ4v) is 3.02. The maximum atomic E-state index is 12.0. The first-order chi connectivity index (χ1) is 10.6. The predicted molar refractivity (Wildman–Crippen MR) is 78.5 cm³/mol. The molecule has 1 aromatic rings. The highest BCUT2D eigenvalue weighted by Gasteiger charge is 2.53. The van der Waals surface area contributed by atoms with Crippen LogP contribution in [0.2, 0.25) is 0 Å².